The maximum Gasteiger partial charge on any atom is 0.239 e. The summed E-state index contributed by atoms with van der Waals surface area (Å²) < 4.78 is 1.12. The van der Waals surface area contributed by atoms with Crippen molar-refractivity contribution in [1.82, 2.24) is 5.32 Å². The summed E-state index contributed by atoms with van der Waals surface area (Å²) in [6, 6.07) is 8.08. The molecule has 0 saturated carbocycles. The van der Waals surface area contributed by atoms with Crippen molar-refractivity contribution in [2.45, 2.75) is 19.9 Å². The molecule has 0 saturated heterocycles. The van der Waals surface area contributed by atoms with E-state index < -0.39 is 0 Å². The summed E-state index contributed by atoms with van der Waals surface area (Å²) in [4.78, 5) is 11.4. The molecule has 2 N–H and O–H groups in total. The monoisotopic (exact) mass is 318 g/mol. The van der Waals surface area contributed by atoms with Crippen LogP contribution >= 0.6 is 22.6 Å². The average Bonchev–Trinajstić information content (AvgIpc) is 2.15. The molecule has 1 aromatic rings. The highest BCUT2D eigenvalue weighted by Gasteiger charge is 2.03. The minimum Gasteiger partial charge on any atom is -0.375 e. The Bertz CT molecular complexity index is 339. The zero-order valence-electron chi connectivity index (χ0n) is 8.88. The lowest BCUT2D eigenvalue weighted by Crippen LogP contribution is -2.34. The number of halogens is 1. The number of benzene rings is 1. The minimum atomic E-state index is 0.0182. The second-order valence-electron chi connectivity index (χ2n) is 3.56. The highest BCUT2D eigenvalue weighted by Crippen LogP contribution is 2.16. The normalized spacial score (nSPS) is 10.1. The Balaban J connectivity index is 2.44. The number of hydrogen-bond donors (Lipinski definition) is 2. The highest BCUT2D eigenvalue weighted by molar-refractivity contribution is 14.1. The average molecular weight is 318 g/mol. The van der Waals surface area contributed by atoms with E-state index in [4.69, 9.17) is 0 Å². The SMILES string of the molecule is CC(C)NC(=O)CNc1ccccc1I. The first-order valence-corrected chi connectivity index (χ1v) is 5.95. The predicted molar refractivity (Wildman–Crippen MR) is 70.9 cm³/mol. The fraction of sp³-hybridized carbons (Fsp3) is 0.364. The largest absolute Gasteiger partial charge is 0.375 e. The molecule has 0 aliphatic rings. The van der Waals surface area contributed by atoms with E-state index in [0.717, 1.165) is 9.26 Å². The summed E-state index contributed by atoms with van der Waals surface area (Å²) in [5.74, 6) is 0.0182. The van der Waals surface area contributed by atoms with Gasteiger partial charge in [0.1, 0.15) is 0 Å². The standard InChI is InChI=1S/C11H15IN2O/c1-8(2)14-11(15)7-13-10-6-4-3-5-9(10)12/h3-6,8,13H,7H2,1-2H3,(H,14,15). The van der Waals surface area contributed by atoms with Crippen LogP contribution < -0.4 is 10.6 Å². The van der Waals surface area contributed by atoms with Gasteiger partial charge in [-0.1, -0.05) is 12.1 Å². The molecule has 0 atom stereocenters. The lowest BCUT2D eigenvalue weighted by Gasteiger charge is -2.10. The van der Waals surface area contributed by atoms with Gasteiger partial charge in [0.05, 0.1) is 6.54 Å². The summed E-state index contributed by atoms with van der Waals surface area (Å²) in [5, 5.41) is 5.93. The number of para-hydroxylation sites is 1. The van der Waals surface area contributed by atoms with Crippen LogP contribution in [0, 0.1) is 3.57 Å². The zero-order chi connectivity index (χ0) is 11.3. The molecule has 0 fully saturated rings. The molecule has 4 heteroatoms. The predicted octanol–water partition coefficient (Wildman–Crippen LogP) is 2.23. The first-order chi connectivity index (χ1) is 7.09. The summed E-state index contributed by atoms with van der Waals surface area (Å²) in [6.45, 7) is 4.21. The van der Waals surface area contributed by atoms with E-state index >= 15 is 0 Å². The van der Waals surface area contributed by atoms with E-state index in [9.17, 15) is 4.79 Å². The lowest BCUT2D eigenvalue weighted by atomic mass is 10.3. The van der Waals surface area contributed by atoms with Crippen LogP contribution in [0.15, 0.2) is 24.3 Å². The molecule has 0 heterocycles. The number of nitrogens with one attached hydrogen (secondary N) is 2. The molecule has 0 aliphatic heterocycles. The Labute approximate surface area is 104 Å². The first-order valence-electron chi connectivity index (χ1n) is 4.87. The topological polar surface area (TPSA) is 41.1 Å². The van der Waals surface area contributed by atoms with Gasteiger partial charge < -0.3 is 10.6 Å². The molecule has 0 unspecified atom stereocenters. The summed E-state index contributed by atoms with van der Waals surface area (Å²) in [6.07, 6.45) is 0. The molecule has 1 rings (SSSR count). The van der Waals surface area contributed by atoms with Crippen molar-refractivity contribution in [1.29, 1.82) is 0 Å². The van der Waals surface area contributed by atoms with Crippen LogP contribution in [-0.2, 0) is 4.79 Å². The van der Waals surface area contributed by atoms with Crippen LogP contribution in [0.4, 0.5) is 5.69 Å². The summed E-state index contributed by atoms with van der Waals surface area (Å²) in [5.41, 5.74) is 0.997. The van der Waals surface area contributed by atoms with Gasteiger partial charge in [-0.05, 0) is 48.6 Å². The maximum atomic E-state index is 11.4. The van der Waals surface area contributed by atoms with E-state index in [1.54, 1.807) is 0 Å². The molecule has 0 radical (unpaired) electrons. The molecular weight excluding hydrogens is 303 g/mol. The Morgan fingerprint density at radius 1 is 1.40 bits per heavy atom. The van der Waals surface area contributed by atoms with Crippen molar-refractivity contribution in [2.75, 3.05) is 11.9 Å². The van der Waals surface area contributed by atoms with Gasteiger partial charge >= 0.3 is 0 Å². The van der Waals surface area contributed by atoms with Gasteiger partial charge in [-0.25, -0.2) is 0 Å². The first kappa shape index (κ1) is 12.3. The summed E-state index contributed by atoms with van der Waals surface area (Å²) in [7, 11) is 0. The maximum absolute atomic E-state index is 11.4. The van der Waals surface area contributed by atoms with Gasteiger partial charge in [-0.3, -0.25) is 4.79 Å². The minimum absolute atomic E-state index is 0.0182. The van der Waals surface area contributed by atoms with E-state index in [0.29, 0.717) is 6.54 Å². The van der Waals surface area contributed by atoms with Gasteiger partial charge in [-0.2, -0.15) is 0 Å². The molecule has 15 heavy (non-hydrogen) atoms. The van der Waals surface area contributed by atoms with E-state index in [1.165, 1.54) is 0 Å². The molecule has 0 aromatic heterocycles. The van der Waals surface area contributed by atoms with Crippen molar-refractivity contribution in [3.8, 4) is 0 Å². The summed E-state index contributed by atoms with van der Waals surface area (Å²) >= 11 is 2.24. The van der Waals surface area contributed by atoms with Gasteiger partial charge in [0.25, 0.3) is 0 Å². The highest BCUT2D eigenvalue weighted by atomic mass is 127. The second-order valence-corrected chi connectivity index (χ2v) is 4.72. The molecular formula is C11H15IN2O. The van der Waals surface area contributed by atoms with Gasteiger partial charge in [-0.15, -0.1) is 0 Å². The third-order valence-corrected chi connectivity index (χ3v) is 2.70. The number of hydrogen-bond acceptors (Lipinski definition) is 2. The number of rotatable bonds is 4. The lowest BCUT2D eigenvalue weighted by molar-refractivity contribution is -0.119. The van der Waals surface area contributed by atoms with E-state index in [1.807, 2.05) is 38.1 Å². The number of anilines is 1. The van der Waals surface area contributed by atoms with Crippen LogP contribution in [0.5, 0.6) is 0 Å². The fourth-order valence-electron chi connectivity index (χ4n) is 1.15. The number of carbonyl (C=O) groups is 1. The number of carbonyl (C=O) groups excluding carboxylic acids is 1. The van der Waals surface area contributed by atoms with Crippen molar-refractivity contribution in [3.05, 3.63) is 27.8 Å². The van der Waals surface area contributed by atoms with Gasteiger partial charge in [0.2, 0.25) is 5.91 Å². The van der Waals surface area contributed by atoms with Crippen LogP contribution in [0.1, 0.15) is 13.8 Å². The van der Waals surface area contributed by atoms with Gasteiger partial charge in [0, 0.05) is 15.3 Å². The molecule has 3 nitrogen and oxygen atoms in total. The third kappa shape index (κ3) is 4.51. The van der Waals surface area contributed by atoms with Crippen molar-refractivity contribution in [2.24, 2.45) is 0 Å². The van der Waals surface area contributed by atoms with Crippen molar-refractivity contribution >= 4 is 34.2 Å². The Hall–Kier alpha value is -0.780. The molecule has 1 aromatic carbocycles. The Morgan fingerprint density at radius 3 is 2.67 bits per heavy atom. The molecule has 82 valence electrons. The van der Waals surface area contributed by atoms with Crippen molar-refractivity contribution in [3.63, 3.8) is 0 Å². The quantitative estimate of drug-likeness (QED) is 0.836. The molecule has 1 amide bonds. The molecule has 0 spiro atoms. The molecule has 0 bridgehead atoms. The van der Waals surface area contributed by atoms with Crippen molar-refractivity contribution < 1.29 is 4.79 Å². The Kier molecular flexibility index (Phi) is 4.87. The zero-order valence-corrected chi connectivity index (χ0v) is 11.0. The fourth-order valence-corrected chi connectivity index (χ4v) is 1.73. The third-order valence-electron chi connectivity index (χ3n) is 1.76. The van der Waals surface area contributed by atoms with Crippen LogP contribution in [0.3, 0.4) is 0 Å². The van der Waals surface area contributed by atoms with Crippen LogP contribution in [0.25, 0.3) is 0 Å². The Morgan fingerprint density at radius 2 is 2.07 bits per heavy atom. The van der Waals surface area contributed by atoms with Crippen LogP contribution in [0.2, 0.25) is 0 Å². The smallest absolute Gasteiger partial charge is 0.239 e. The molecule has 0 aliphatic carbocycles. The van der Waals surface area contributed by atoms with Crippen LogP contribution in [-0.4, -0.2) is 18.5 Å². The number of amides is 1. The van der Waals surface area contributed by atoms with E-state index in [2.05, 4.69) is 33.2 Å². The van der Waals surface area contributed by atoms with E-state index in [-0.39, 0.29) is 11.9 Å². The van der Waals surface area contributed by atoms with Gasteiger partial charge in [0.15, 0.2) is 0 Å². The second kappa shape index (κ2) is 5.95.